The molecule has 110 valence electrons. The normalized spacial score (nSPS) is 10.4. The second kappa shape index (κ2) is 7.96. The highest BCUT2D eigenvalue weighted by Crippen LogP contribution is 2.21. The average Bonchev–Trinajstić information content (AvgIpc) is 2.48. The molecular formula is C17H19BrN2O. The molecule has 0 unspecified atom stereocenters. The monoisotopic (exact) mass is 346 g/mol. The molecular weight excluding hydrogens is 328 g/mol. The summed E-state index contributed by atoms with van der Waals surface area (Å²) in [7, 11) is 0. The van der Waals surface area contributed by atoms with Gasteiger partial charge in [0.25, 0.3) is 0 Å². The van der Waals surface area contributed by atoms with Crippen LogP contribution in [0.3, 0.4) is 0 Å². The van der Waals surface area contributed by atoms with Crippen molar-refractivity contribution in [3.63, 3.8) is 0 Å². The van der Waals surface area contributed by atoms with Gasteiger partial charge >= 0.3 is 0 Å². The van der Waals surface area contributed by atoms with Crippen LogP contribution in [-0.4, -0.2) is 12.5 Å². The molecule has 0 atom stereocenters. The number of nitrogens with one attached hydrogen (secondary N) is 2. The van der Waals surface area contributed by atoms with Crippen molar-refractivity contribution < 1.29 is 4.79 Å². The molecule has 2 aromatic carbocycles. The number of carbonyl (C=O) groups is 1. The van der Waals surface area contributed by atoms with Gasteiger partial charge < -0.3 is 10.6 Å². The highest BCUT2D eigenvalue weighted by molar-refractivity contribution is 9.10. The predicted molar refractivity (Wildman–Crippen MR) is 90.3 cm³/mol. The van der Waals surface area contributed by atoms with Crippen LogP contribution in [0, 0.1) is 6.92 Å². The third-order valence-corrected chi connectivity index (χ3v) is 3.82. The molecule has 2 rings (SSSR count). The lowest BCUT2D eigenvalue weighted by atomic mass is 10.1. The number of aryl methyl sites for hydroxylation is 1. The molecule has 0 aliphatic rings. The van der Waals surface area contributed by atoms with Crippen LogP contribution in [0.25, 0.3) is 0 Å². The van der Waals surface area contributed by atoms with E-state index in [4.69, 9.17) is 0 Å². The van der Waals surface area contributed by atoms with Crippen molar-refractivity contribution in [1.82, 2.24) is 5.32 Å². The van der Waals surface area contributed by atoms with E-state index < -0.39 is 0 Å². The third-order valence-electron chi connectivity index (χ3n) is 3.13. The summed E-state index contributed by atoms with van der Waals surface area (Å²) in [6.45, 7) is 3.51. The predicted octanol–water partition coefficient (Wildman–Crippen LogP) is 3.88. The first kappa shape index (κ1) is 15.7. The number of para-hydroxylation sites is 1. The molecule has 0 heterocycles. The van der Waals surface area contributed by atoms with E-state index in [9.17, 15) is 4.79 Å². The minimum atomic E-state index is 0.0123. The van der Waals surface area contributed by atoms with E-state index in [2.05, 4.69) is 57.8 Å². The Morgan fingerprint density at radius 1 is 1.10 bits per heavy atom. The lowest BCUT2D eigenvalue weighted by Crippen LogP contribution is -2.21. The maximum Gasteiger partial charge on any atom is 0.225 e. The SMILES string of the molecule is Cc1ccc(CNCCC(=O)Nc2ccccc2Br)cc1. The summed E-state index contributed by atoms with van der Waals surface area (Å²) in [4.78, 5) is 11.8. The molecule has 0 saturated carbocycles. The Morgan fingerprint density at radius 2 is 1.81 bits per heavy atom. The van der Waals surface area contributed by atoms with Crippen LogP contribution in [0.5, 0.6) is 0 Å². The van der Waals surface area contributed by atoms with Gasteiger partial charge in [-0.1, -0.05) is 42.0 Å². The number of hydrogen-bond donors (Lipinski definition) is 2. The van der Waals surface area contributed by atoms with Crippen molar-refractivity contribution >= 4 is 27.5 Å². The van der Waals surface area contributed by atoms with E-state index in [-0.39, 0.29) is 5.91 Å². The molecule has 0 saturated heterocycles. The molecule has 0 fully saturated rings. The number of halogens is 1. The summed E-state index contributed by atoms with van der Waals surface area (Å²) in [5.74, 6) is 0.0123. The lowest BCUT2D eigenvalue weighted by molar-refractivity contribution is -0.116. The Bertz CT molecular complexity index is 596. The zero-order valence-electron chi connectivity index (χ0n) is 12.0. The first-order valence-electron chi connectivity index (χ1n) is 6.96. The molecule has 0 aromatic heterocycles. The highest BCUT2D eigenvalue weighted by atomic mass is 79.9. The molecule has 0 bridgehead atoms. The van der Waals surface area contributed by atoms with Gasteiger partial charge in [-0.3, -0.25) is 4.79 Å². The van der Waals surface area contributed by atoms with Crippen LogP contribution in [0.2, 0.25) is 0 Å². The van der Waals surface area contributed by atoms with Gasteiger partial charge in [0.2, 0.25) is 5.91 Å². The van der Waals surface area contributed by atoms with Gasteiger partial charge in [0.1, 0.15) is 0 Å². The molecule has 21 heavy (non-hydrogen) atoms. The van der Waals surface area contributed by atoms with Crippen molar-refractivity contribution in [3.8, 4) is 0 Å². The maximum atomic E-state index is 11.8. The first-order valence-corrected chi connectivity index (χ1v) is 7.75. The highest BCUT2D eigenvalue weighted by Gasteiger charge is 2.04. The Balaban J connectivity index is 1.70. The van der Waals surface area contributed by atoms with Gasteiger partial charge in [-0.2, -0.15) is 0 Å². The van der Waals surface area contributed by atoms with E-state index in [1.54, 1.807) is 0 Å². The van der Waals surface area contributed by atoms with Crippen molar-refractivity contribution in [1.29, 1.82) is 0 Å². The van der Waals surface area contributed by atoms with E-state index >= 15 is 0 Å². The number of rotatable bonds is 6. The molecule has 0 spiro atoms. The van der Waals surface area contributed by atoms with Gasteiger partial charge in [0.15, 0.2) is 0 Å². The van der Waals surface area contributed by atoms with Crippen molar-refractivity contribution in [3.05, 3.63) is 64.1 Å². The van der Waals surface area contributed by atoms with Gasteiger partial charge in [-0.05, 0) is 40.5 Å². The Morgan fingerprint density at radius 3 is 2.52 bits per heavy atom. The standard InChI is InChI=1S/C17H19BrN2O/c1-13-6-8-14(9-7-13)12-19-11-10-17(21)20-16-5-3-2-4-15(16)18/h2-9,19H,10-12H2,1H3,(H,20,21). The fourth-order valence-corrected chi connectivity index (χ4v) is 2.30. The second-order valence-corrected chi connectivity index (χ2v) is 5.79. The summed E-state index contributed by atoms with van der Waals surface area (Å²) >= 11 is 3.41. The van der Waals surface area contributed by atoms with E-state index in [1.165, 1.54) is 11.1 Å². The van der Waals surface area contributed by atoms with Gasteiger partial charge in [-0.15, -0.1) is 0 Å². The molecule has 0 aliphatic carbocycles. The fraction of sp³-hybridized carbons (Fsp3) is 0.235. The summed E-state index contributed by atoms with van der Waals surface area (Å²) < 4.78 is 0.894. The Hall–Kier alpha value is -1.65. The quantitative estimate of drug-likeness (QED) is 0.779. The molecule has 2 N–H and O–H groups in total. The molecule has 1 amide bonds. The zero-order valence-corrected chi connectivity index (χ0v) is 13.6. The van der Waals surface area contributed by atoms with E-state index in [0.717, 1.165) is 16.7 Å². The van der Waals surface area contributed by atoms with Crippen molar-refractivity contribution in [2.45, 2.75) is 19.9 Å². The number of carbonyl (C=O) groups excluding carboxylic acids is 1. The van der Waals surface area contributed by atoms with Crippen LogP contribution < -0.4 is 10.6 Å². The van der Waals surface area contributed by atoms with Gasteiger partial charge in [0.05, 0.1) is 5.69 Å². The van der Waals surface area contributed by atoms with E-state index in [1.807, 2.05) is 24.3 Å². The smallest absolute Gasteiger partial charge is 0.225 e. The van der Waals surface area contributed by atoms with Crippen molar-refractivity contribution in [2.24, 2.45) is 0 Å². The van der Waals surface area contributed by atoms with Crippen LogP contribution in [0.4, 0.5) is 5.69 Å². The summed E-state index contributed by atoms with van der Waals surface area (Å²) in [6, 6.07) is 16.0. The minimum absolute atomic E-state index is 0.0123. The van der Waals surface area contributed by atoms with Gasteiger partial charge in [-0.25, -0.2) is 0 Å². The minimum Gasteiger partial charge on any atom is -0.325 e. The number of hydrogen-bond acceptors (Lipinski definition) is 2. The molecule has 3 nitrogen and oxygen atoms in total. The number of amides is 1. The average molecular weight is 347 g/mol. The summed E-state index contributed by atoms with van der Waals surface area (Å²) in [6.07, 6.45) is 0.452. The number of anilines is 1. The fourth-order valence-electron chi connectivity index (χ4n) is 1.92. The zero-order chi connectivity index (χ0) is 15.1. The largest absolute Gasteiger partial charge is 0.325 e. The molecule has 4 heteroatoms. The van der Waals surface area contributed by atoms with Crippen LogP contribution in [0.1, 0.15) is 17.5 Å². The van der Waals surface area contributed by atoms with Crippen LogP contribution >= 0.6 is 15.9 Å². The van der Waals surface area contributed by atoms with Crippen LogP contribution in [0.15, 0.2) is 53.0 Å². The van der Waals surface area contributed by atoms with Crippen LogP contribution in [-0.2, 0) is 11.3 Å². The molecule has 0 aliphatic heterocycles. The molecule has 2 aromatic rings. The Kier molecular flexibility index (Phi) is 5.96. The second-order valence-electron chi connectivity index (χ2n) is 4.94. The number of benzene rings is 2. The topological polar surface area (TPSA) is 41.1 Å². The summed E-state index contributed by atoms with van der Waals surface area (Å²) in [5.41, 5.74) is 3.29. The third kappa shape index (κ3) is 5.33. The Labute approximate surface area is 133 Å². The van der Waals surface area contributed by atoms with Gasteiger partial charge in [0, 0.05) is 24.0 Å². The van der Waals surface area contributed by atoms with E-state index in [0.29, 0.717) is 13.0 Å². The first-order chi connectivity index (χ1) is 10.1. The summed E-state index contributed by atoms with van der Waals surface area (Å²) in [5, 5.41) is 6.17. The van der Waals surface area contributed by atoms with Crippen molar-refractivity contribution in [2.75, 3.05) is 11.9 Å². The lowest BCUT2D eigenvalue weighted by Gasteiger charge is -2.08. The molecule has 0 radical (unpaired) electrons. The maximum absolute atomic E-state index is 11.8.